The van der Waals surface area contributed by atoms with Crippen LogP contribution in [-0.4, -0.2) is 39.7 Å². The minimum absolute atomic E-state index is 0.0766. The number of imide groups is 1. The molecule has 150 valence electrons. The van der Waals surface area contributed by atoms with E-state index in [-0.39, 0.29) is 22.6 Å². The molecule has 0 aromatic heterocycles. The molecule has 1 atom stereocenters. The number of hydrogen-bond donors (Lipinski definition) is 2. The number of nitrogens with one attached hydrogen (secondary N) is 1. The molecule has 29 heavy (non-hydrogen) atoms. The minimum Gasteiger partial charge on any atom is -0.478 e. The number of rotatable bonds is 5. The molecule has 0 saturated carbocycles. The van der Waals surface area contributed by atoms with E-state index in [1.54, 1.807) is 58.0 Å². The molecule has 1 heterocycles. The Morgan fingerprint density at radius 2 is 1.52 bits per heavy atom. The van der Waals surface area contributed by atoms with Gasteiger partial charge in [0.25, 0.3) is 11.8 Å². The Morgan fingerprint density at radius 1 is 0.966 bits per heavy atom. The molecule has 0 fully saturated rings. The minimum atomic E-state index is -1.10. The highest BCUT2D eigenvalue weighted by Gasteiger charge is 2.44. The van der Waals surface area contributed by atoms with Gasteiger partial charge in [-0.25, -0.2) is 4.79 Å². The van der Waals surface area contributed by atoms with Crippen LogP contribution < -0.4 is 5.32 Å². The second-order valence-corrected chi connectivity index (χ2v) is 7.49. The molecule has 7 heteroatoms. The Balaban J connectivity index is 1.95. The van der Waals surface area contributed by atoms with E-state index in [0.717, 1.165) is 4.90 Å². The van der Waals surface area contributed by atoms with Crippen LogP contribution in [-0.2, 0) is 4.79 Å². The van der Waals surface area contributed by atoms with Crippen molar-refractivity contribution < 1.29 is 24.3 Å². The van der Waals surface area contributed by atoms with Gasteiger partial charge in [-0.2, -0.15) is 0 Å². The molecule has 0 bridgehead atoms. The van der Waals surface area contributed by atoms with Crippen molar-refractivity contribution in [2.75, 3.05) is 5.32 Å². The monoisotopic (exact) mass is 394 g/mol. The van der Waals surface area contributed by atoms with Crippen molar-refractivity contribution in [1.29, 1.82) is 0 Å². The first-order valence-corrected chi connectivity index (χ1v) is 9.25. The van der Waals surface area contributed by atoms with Crippen molar-refractivity contribution >= 4 is 29.4 Å². The summed E-state index contributed by atoms with van der Waals surface area (Å²) < 4.78 is 0. The fourth-order valence-electron chi connectivity index (χ4n) is 3.60. The van der Waals surface area contributed by atoms with Crippen LogP contribution in [0.3, 0.4) is 0 Å². The lowest BCUT2D eigenvalue weighted by Gasteiger charge is -2.28. The highest BCUT2D eigenvalue weighted by molar-refractivity contribution is 6.23. The molecule has 3 amide bonds. The molecule has 0 saturated heterocycles. The lowest BCUT2D eigenvalue weighted by Crippen LogP contribution is -2.50. The van der Waals surface area contributed by atoms with E-state index in [1.165, 1.54) is 6.07 Å². The zero-order valence-corrected chi connectivity index (χ0v) is 16.6. The summed E-state index contributed by atoms with van der Waals surface area (Å²) in [4.78, 5) is 51.1. The topological polar surface area (TPSA) is 104 Å². The van der Waals surface area contributed by atoms with Gasteiger partial charge in [-0.3, -0.25) is 19.3 Å². The fourth-order valence-corrected chi connectivity index (χ4v) is 3.60. The summed E-state index contributed by atoms with van der Waals surface area (Å²) in [5.41, 5.74) is 2.22. The Kier molecular flexibility index (Phi) is 5.24. The molecule has 0 spiro atoms. The van der Waals surface area contributed by atoms with Crippen LogP contribution in [0.4, 0.5) is 5.69 Å². The van der Waals surface area contributed by atoms with Gasteiger partial charge in [0.15, 0.2) is 0 Å². The Labute approximate surface area is 168 Å². The van der Waals surface area contributed by atoms with Crippen molar-refractivity contribution in [2.24, 2.45) is 5.92 Å². The highest BCUT2D eigenvalue weighted by Crippen LogP contribution is 2.28. The largest absolute Gasteiger partial charge is 0.478 e. The summed E-state index contributed by atoms with van der Waals surface area (Å²) in [6.07, 6.45) is 0. The second-order valence-electron chi connectivity index (χ2n) is 7.49. The van der Waals surface area contributed by atoms with E-state index in [1.807, 2.05) is 0 Å². The van der Waals surface area contributed by atoms with E-state index in [2.05, 4.69) is 5.32 Å². The zero-order chi connectivity index (χ0) is 21.5. The number of carboxylic acid groups (broad SMARTS) is 1. The first-order chi connectivity index (χ1) is 13.6. The Hall–Kier alpha value is -3.48. The lowest BCUT2D eigenvalue weighted by atomic mass is 10.00. The summed E-state index contributed by atoms with van der Waals surface area (Å²) >= 11 is 0. The second kappa shape index (κ2) is 7.50. The van der Waals surface area contributed by atoms with E-state index < -0.39 is 29.7 Å². The molecule has 2 aromatic carbocycles. The van der Waals surface area contributed by atoms with E-state index in [9.17, 15) is 24.3 Å². The van der Waals surface area contributed by atoms with Gasteiger partial charge in [0.1, 0.15) is 6.04 Å². The van der Waals surface area contributed by atoms with Crippen molar-refractivity contribution in [1.82, 2.24) is 4.90 Å². The van der Waals surface area contributed by atoms with Crippen LogP contribution in [0.2, 0.25) is 0 Å². The van der Waals surface area contributed by atoms with Crippen LogP contribution in [0.15, 0.2) is 36.4 Å². The van der Waals surface area contributed by atoms with Gasteiger partial charge in [-0.1, -0.05) is 32.0 Å². The van der Waals surface area contributed by atoms with Crippen molar-refractivity contribution in [3.63, 3.8) is 0 Å². The van der Waals surface area contributed by atoms with Gasteiger partial charge in [-0.05, 0) is 49.1 Å². The normalized spacial score (nSPS) is 14.2. The molecule has 2 N–H and O–H groups in total. The van der Waals surface area contributed by atoms with Crippen molar-refractivity contribution in [3.8, 4) is 0 Å². The van der Waals surface area contributed by atoms with E-state index in [0.29, 0.717) is 16.8 Å². The number of hydrogen-bond acceptors (Lipinski definition) is 4. The smallest absolute Gasteiger partial charge is 0.336 e. The highest BCUT2D eigenvalue weighted by atomic mass is 16.4. The maximum atomic E-state index is 13.1. The third-order valence-electron chi connectivity index (χ3n) is 5.06. The number of nitrogens with zero attached hydrogens (tertiary/aromatic N) is 1. The molecule has 2 aromatic rings. The molecular weight excluding hydrogens is 372 g/mol. The van der Waals surface area contributed by atoms with Gasteiger partial charge in [0.2, 0.25) is 5.91 Å². The number of carbonyl (C=O) groups excluding carboxylic acids is 3. The zero-order valence-electron chi connectivity index (χ0n) is 16.6. The third-order valence-corrected chi connectivity index (χ3v) is 5.06. The van der Waals surface area contributed by atoms with E-state index in [4.69, 9.17) is 0 Å². The summed E-state index contributed by atoms with van der Waals surface area (Å²) in [5, 5.41) is 12.1. The number of amides is 3. The standard InChI is InChI=1S/C22H22N2O5/c1-11(2)18(24-20(26)14-7-5-6-8-15(14)21(24)27)19(25)23-17-10-16(22(28)29)12(3)9-13(17)4/h5-11,18H,1-4H3,(H,23,25)(H,28,29). The SMILES string of the molecule is Cc1cc(C)c(C(=O)O)cc1NC(=O)C(C(C)C)N1C(=O)c2ccccc2C1=O. The Morgan fingerprint density at radius 3 is 2.00 bits per heavy atom. The Bertz CT molecular complexity index is 1010. The van der Waals surface area contributed by atoms with Gasteiger partial charge in [-0.15, -0.1) is 0 Å². The molecule has 1 unspecified atom stereocenters. The predicted molar refractivity (Wildman–Crippen MR) is 107 cm³/mol. The number of aromatic carboxylic acids is 1. The maximum Gasteiger partial charge on any atom is 0.336 e. The molecular formula is C22H22N2O5. The average Bonchev–Trinajstić information content (AvgIpc) is 2.89. The number of anilines is 1. The van der Waals surface area contributed by atoms with Crippen LogP contribution in [0.25, 0.3) is 0 Å². The first-order valence-electron chi connectivity index (χ1n) is 9.25. The number of benzene rings is 2. The lowest BCUT2D eigenvalue weighted by molar-refractivity contribution is -0.121. The maximum absolute atomic E-state index is 13.1. The van der Waals surface area contributed by atoms with Crippen molar-refractivity contribution in [2.45, 2.75) is 33.7 Å². The first kappa shape index (κ1) is 20.3. The molecule has 0 radical (unpaired) electrons. The number of aryl methyl sites for hydroxylation is 2. The average molecular weight is 394 g/mol. The predicted octanol–water partition coefficient (Wildman–Crippen LogP) is 3.26. The summed E-state index contributed by atoms with van der Waals surface area (Å²) in [6, 6.07) is 8.50. The van der Waals surface area contributed by atoms with Crippen molar-refractivity contribution in [3.05, 3.63) is 64.2 Å². The number of carboxylic acids is 1. The summed E-state index contributed by atoms with van der Waals surface area (Å²) in [5.74, 6) is -3.00. The molecule has 7 nitrogen and oxygen atoms in total. The van der Waals surface area contributed by atoms with Gasteiger partial charge >= 0.3 is 5.97 Å². The van der Waals surface area contributed by atoms with Gasteiger partial charge in [0.05, 0.1) is 16.7 Å². The fraction of sp³-hybridized carbons (Fsp3) is 0.273. The third kappa shape index (κ3) is 3.51. The molecule has 1 aliphatic rings. The summed E-state index contributed by atoms with van der Waals surface area (Å²) in [7, 11) is 0. The molecule has 3 rings (SSSR count). The van der Waals surface area contributed by atoms with Gasteiger partial charge < -0.3 is 10.4 Å². The molecule has 0 aliphatic carbocycles. The number of carbonyl (C=O) groups is 4. The van der Waals surface area contributed by atoms with E-state index >= 15 is 0 Å². The van der Waals surface area contributed by atoms with Crippen LogP contribution >= 0.6 is 0 Å². The van der Waals surface area contributed by atoms with Crippen LogP contribution in [0.5, 0.6) is 0 Å². The van der Waals surface area contributed by atoms with Crippen LogP contribution in [0.1, 0.15) is 56.0 Å². The summed E-state index contributed by atoms with van der Waals surface area (Å²) in [6.45, 7) is 6.93. The van der Waals surface area contributed by atoms with Gasteiger partial charge in [0, 0.05) is 5.69 Å². The number of fused-ring (bicyclic) bond motifs is 1. The molecule has 1 aliphatic heterocycles. The quantitative estimate of drug-likeness (QED) is 0.758. The van der Waals surface area contributed by atoms with Crippen LogP contribution in [0, 0.1) is 19.8 Å².